The molecule has 3 amide bonds. The van der Waals surface area contributed by atoms with Gasteiger partial charge < -0.3 is 97.4 Å². The van der Waals surface area contributed by atoms with Crippen LogP contribution >= 0.6 is 0 Å². The first-order chi connectivity index (χ1) is 53.0. The Balaban J connectivity index is 0.000000176. The summed E-state index contributed by atoms with van der Waals surface area (Å²) in [6.07, 6.45) is 3.17. The van der Waals surface area contributed by atoms with Gasteiger partial charge in [-0.15, -0.1) is 0 Å². The number of pyridine rings is 2. The number of nitrogens with two attached hydrogens (primary N) is 3. The van der Waals surface area contributed by atoms with Crippen molar-refractivity contribution in [2.45, 2.75) is 124 Å². The van der Waals surface area contributed by atoms with Crippen LogP contribution in [-0.4, -0.2) is 265 Å². The van der Waals surface area contributed by atoms with E-state index in [2.05, 4.69) is 101 Å². The van der Waals surface area contributed by atoms with Gasteiger partial charge in [0.05, 0.1) is 101 Å². The lowest BCUT2D eigenvalue weighted by Crippen LogP contribution is -2.53. The van der Waals surface area contributed by atoms with Crippen molar-refractivity contribution in [3.05, 3.63) is 158 Å². The molecular weight excluding hydrogens is 1440 g/mol. The molecule has 6 unspecified atom stereocenters. The molecule has 3 aliphatic rings. The third-order valence-electron chi connectivity index (χ3n) is 17.9. The van der Waals surface area contributed by atoms with Gasteiger partial charge in [-0.2, -0.15) is 0 Å². The zero-order valence-corrected chi connectivity index (χ0v) is 60.4. The molecule has 0 bridgehead atoms. The van der Waals surface area contributed by atoms with E-state index in [0.717, 1.165) is 11.1 Å². The Labute approximate surface area is 625 Å². The molecule has 110 heavy (non-hydrogen) atoms. The van der Waals surface area contributed by atoms with Crippen LogP contribution in [0.2, 0.25) is 0 Å². The number of ether oxygens (including phenoxy) is 4. The minimum atomic E-state index is -1.22. The summed E-state index contributed by atoms with van der Waals surface area (Å²) in [7, 11) is 11.0. The number of imidazole rings is 3. The van der Waals surface area contributed by atoms with Crippen molar-refractivity contribution in [2.75, 3.05) is 90.0 Å². The lowest BCUT2D eigenvalue weighted by Gasteiger charge is -2.23. The largest absolute Gasteiger partial charge is 0.493 e. The molecule has 15 atom stereocenters. The maximum atomic E-state index is 12.9. The van der Waals surface area contributed by atoms with Crippen LogP contribution in [0.25, 0.3) is 64.8 Å². The number of anilines is 3. The van der Waals surface area contributed by atoms with Gasteiger partial charge >= 0.3 is 0 Å². The van der Waals surface area contributed by atoms with Gasteiger partial charge in [-0.05, 0) is 82.9 Å². The maximum absolute atomic E-state index is 12.9. The number of carbonyl (C=O) groups is 3. The molecule has 11 heterocycles. The number of aromatic nitrogens is 14. The van der Waals surface area contributed by atoms with Gasteiger partial charge in [-0.25, -0.2) is 44.9 Å². The van der Waals surface area contributed by atoms with Gasteiger partial charge in [0.15, 0.2) is 69.6 Å². The van der Waals surface area contributed by atoms with Crippen LogP contribution in [0.3, 0.4) is 0 Å². The van der Waals surface area contributed by atoms with Crippen LogP contribution in [0.5, 0.6) is 5.75 Å². The summed E-state index contributed by atoms with van der Waals surface area (Å²) in [6, 6.07) is 8.32. The Morgan fingerprint density at radius 3 is 1.26 bits per heavy atom. The van der Waals surface area contributed by atoms with Crippen LogP contribution in [0.4, 0.5) is 17.5 Å². The number of aliphatic hydroxyl groups excluding tert-OH is 6. The Morgan fingerprint density at radius 1 is 0.509 bits per heavy atom. The van der Waals surface area contributed by atoms with Gasteiger partial charge in [0, 0.05) is 80.8 Å². The highest BCUT2D eigenvalue weighted by molar-refractivity contribution is 5.86. The van der Waals surface area contributed by atoms with Gasteiger partial charge in [0.25, 0.3) is 0 Å². The topological polar surface area (TPSA) is 636 Å². The van der Waals surface area contributed by atoms with E-state index in [1.54, 1.807) is 89.3 Å². The number of nitrogens with zero attached hydrogens (tertiary/aromatic N) is 26. The highest BCUT2D eigenvalue weighted by Gasteiger charge is 2.49. The minimum Gasteiger partial charge on any atom is -0.493 e. The first-order valence-corrected chi connectivity index (χ1v) is 34.2. The monoisotopic (exact) mass is 1520 g/mol. The summed E-state index contributed by atoms with van der Waals surface area (Å²) in [5, 5.41) is 81.3. The number of rotatable bonds is 29. The number of amides is 3. The molecule has 9 aromatic rings. The Hall–Kier alpha value is -11.8. The van der Waals surface area contributed by atoms with Crippen molar-refractivity contribution in [2.24, 2.45) is 32.5 Å². The van der Waals surface area contributed by atoms with Crippen LogP contribution in [0.15, 0.2) is 114 Å². The predicted molar refractivity (Wildman–Crippen MR) is 391 cm³/mol. The van der Waals surface area contributed by atoms with Crippen LogP contribution in [0.1, 0.15) is 46.8 Å². The molecular formula is C65H84N32O13. The summed E-state index contributed by atoms with van der Waals surface area (Å²) in [6.45, 7) is -0.623. The van der Waals surface area contributed by atoms with Crippen molar-refractivity contribution in [3.63, 3.8) is 0 Å². The molecule has 12 rings (SSSR count). The van der Waals surface area contributed by atoms with Crippen molar-refractivity contribution in [3.8, 4) is 5.75 Å². The van der Waals surface area contributed by atoms with Gasteiger partial charge in [-0.3, -0.25) is 38.1 Å². The van der Waals surface area contributed by atoms with Crippen molar-refractivity contribution in [1.29, 1.82) is 0 Å². The molecule has 582 valence electrons. The first kappa shape index (κ1) is 80.8. The van der Waals surface area contributed by atoms with E-state index in [1.807, 2.05) is 42.3 Å². The van der Waals surface area contributed by atoms with Crippen LogP contribution < -0.4 is 52.6 Å². The molecule has 0 spiro atoms. The highest BCUT2D eigenvalue weighted by Crippen LogP contribution is 2.36. The zero-order valence-electron chi connectivity index (χ0n) is 60.4. The standard InChI is InChI=1S/C23H30N10O5.2C21H27N11O4/c1-32(2)20-18-21(27-11-26-20)33(12-28-18)23-19(35)17(16(10-34)38-23)30-22(36)15(24)9-13-3-5-14(6-4-13)37-8-7-29-31-25;1-31(2)18-16-19(26-9-25-18)32(10-27-16)21-17(34)15(14(8-33)36-21)29-20(35)13(22)6-11-3-4-24-12(5-11)7-28-30-23;1-31(2)18-16-19(26-9-25-18)32(10-27-16)21-17(34)15(14(8-33)36-21)29-20(35)13(22)5-11-3-4-12(24-6-11)7-28-30-23/h3-6,11-12,15-17,19,23,34-35H,7-10,24H2,1-2H3,(H,30,36);3-5,9-10,13-15,17,21,33-34H,6-8,22H2,1-2H3,(H,29,35);3-4,6,9-10,13-15,17,21,33-34H,5,7-8,22H2,1-2H3,(H,29,35)/t15?,16-,17?,19+,23-;2*13?,14-,15?,17+,21-/m111/s1. The third-order valence-corrected chi connectivity index (χ3v) is 17.9. The summed E-state index contributed by atoms with van der Waals surface area (Å²) < 4.78 is 27.8. The van der Waals surface area contributed by atoms with Crippen LogP contribution in [-0.2, 0) is 60.9 Å². The molecule has 0 aliphatic carbocycles. The molecule has 0 saturated carbocycles. The van der Waals surface area contributed by atoms with Crippen molar-refractivity contribution in [1.82, 2.24) is 84.5 Å². The Bertz CT molecular complexity index is 4760. The number of carbonyl (C=O) groups excluding carboxylic acids is 3. The number of fused-ring (bicyclic) bond motifs is 3. The molecule has 3 fully saturated rings. The fourth-order valence-electron chi connectivity index (χ4n) is 12.4. The Kier molecular flexibility index (Phi) is 27.4. The van der Waals surface area contributed by atoms with Crippen molar-refractivity contribution >= 4 is 68.7 Å². The fourth-order valence-corrected chi connectivity index (χ4v) is 12.4. The average molecular weight is 1520 g/mol. The normalized spacial score (nSPS) is 22.0. The second-order valence-corrected chi connectivity index (χ2v) is 26.0. The number of nitrogens with one attached hydrogen (secondary N) is 3. The summed E-state index contributed by atoms with van der Waals surface area (Å²) in [5.74, 6) is 0.844. The maximum Gasteiger partial charge on any atom is 0.237 e. The van der Waals surface area contributed by atoms with E-state index < -0.39 is 129 Å². The summed E-state index contributed by atoms with van der Waals surface area (Å²) >= 11 is 0. The number of aliphatic hydroxyl groups is 6. The SMILES string of the molecule is CN(C)c1ncnc2c1ncn2[C@@H]1O[C@H](CO)C(NC(=O)C(N)Cc2ccc(CN=[N+]=[N-])nc2)[C@@H]1O.CN(C)c1ncnc2c1ncn2[C@@H]1O[C@H](CO)C(NC(=O)C(N)Cc2ccc(OCCN=[N+]=[N-])cc2)[C@@H]1O.CN(C)c1ncnc2c1ncn2[C@@H]1O[C@H](CO)C(NC(=O)C(N)Cc2ccnc(CN=[N+]=[N-])c2)[C@@H]1O. The molecule has 45 nitrogen and oxygen atoms in total. The van der Waals surface area contributed by atoms with Gasteiger partial charge in [0.1, 0.15) is 61.4 Å². The van der Waals surface area contributed by atoms with Gasteiger partial charge in [0.2, 0.25) is 17.7 Å². The highest BCUT2D eigenvalue weighted by atomic mass is 16.6. The first-order valence-electron chi connectivity index (χ1n) is 34.2. The van der Waals surface area contributed by atoms with Crippen molar-refractivity contribution < 1.29 is 64.0 Å². The van der Waals surface area contributed by atoms with E-state index in [1.165, 1.54) is 38.0 Å². The molecule has 3 saturated heterocycles. The third kappa shape index (κ3) is 18.8. The number of azide groups is 3. The molecule has 45 heteroatoms. The second-order valence-electron chi connectivity index (χ2n) is 26.0. The summed E-state index contributed by atoms with van der Waals surface area (Å²) in [5.41, 5.74) is 49.8. The van der Waals surface area contributed by atoms with Crippen LogP contribution in [0, 0.1) is 0 Å². The smallest absolute Gasteiger partial charge is 0.237 e. The minimum absolute atomic E-state index is 0.0842. The molecule has 8 aromatic heterocycles. The van der Waals surface area contributed by atoms with E-state index in [-0.39, 0.29) is 45.5 Å². The fraction of sp³-hybridized carbons (Fsp3) is 0.477. The lowest BCUT2D eigenvalue weighted by molar-refractivity contribution is -0.124. The lowest BCUT2D eigenvalue weighted by atomic mass is 10.0. The molecule has 0 radical (unpaired) electrons. The zero-order chi connectivity index (χ0) is 78.9. The van der Waals surface area contributed by atoms with E-state index in [9.17, 15) is 45.0 Å². The predicted octanol–water partition coefficient (Wildman–Crippen LogP) is -1.31. The second kappa shape index (κ2) is 37.4. The average Bonchev–Trinajstić information content (AvgIpc) is 1.63. The number of benzene rings is 1. The van der Waals surface area contributed by atoms with Gasteiger partial charge in [-0.1, -0.05) is 33.5 Å². The molecule has 3 aliphatic heterocycles. The summed E-state index contributed by atoms with van der Waals surface area (Å²) in [4.78, 5) is 98.9. The van der Waals surface area contributed by atoms with E-state index in [0.29, 0.717) is 73.6 Å². The number of hydrogen-bond donors (Lipinski definition) is 12. The molecule has 1 aromatic carbocycles. The Morgan fingerprint density at radius 2 is 0.891 bits per heavy atom. The quantitative estimate of drug-likeness (QED) is 0.0112. The van der Waals surface area contributed by atoms with E-state index in [4.69, 9.17) is 52.7 Å². The van der Waals surface area contributed by atoms with E-state index >= 15 is 0 Å². The number of hydrogen-bond acceptors (Lipinski definition) is 33. The molecule has 15 N–H and O–H groups in total.